The third-order valence-electron chi connectivity index (χ3n) is 2.01. The summed E-state index contributed by atoms with van der Waals surface area (Å²) in [7, 11) is 0. The van der Waals surface area contributed by atoms with Crippen molar-refractivity contribution in [1.29, 1.82) is 0 Å². The zero-order chi connectivity index (χ0) is 9.97. The first-order valence-electron chi connectivity index (χ1n) is 4.40. The second-order valence-electron chi connectivity index (χ2n) is 3.05. The van der Waals surface area contributed by atoms with Crippen molar-refractivity contribution in [3.05, 3.63) is 35.9 Å². The highest BCUT2D eigenvalue weighted by Crippen LogP contribution is 2.20. The number of hydrogen-bond donors (Lipinski definition) is 1. The smallest absolute Gasteiger partial charge is 0.181 e. The van der Waals surface area contributed by atoms with E-state index in [1.54, 1.807) is 11.8 Å². The SMILES string of the molecule is Br.CC1SC(N)=NN=C1c1ccccc1. The molecule has 3 nitrogen and oxygen atoms in total. The van der Waals surface area contributed by atoms with Gasteiger partial charge in [-0.05, 0) is 12.5 Å². The molecule has 1 aliphatic rings. The van der Waals surface area contributed by atoms with Crippen LogP contribution < -0.4 is 5.73 Å². The molecule has 1 heterocycles. The van der Waals surface area contributed by atoms with E-state index in [1.807, 2.05) is 30.3 Å². The molecule has 0 spiro atoms. The molecule has 15 heavy (non-hydrogen) atoms. The molecule has 0 saturated heterocycles. The monoisotopic (exact) mass is 285 g/mol. The summed E-state index contributed by atoms with van der Waals surface area (Å²) in [6.07, 6.45) is 0. The van der Waals surface area contributed by atoms with Crippen molar-refractivity contribution in [2.45, 2.75) is 12.2 Å². The Labute approximate surface area is 104 Å². The Morgan fingerprint density at radius 3 is 2.47 bits per heavy atom. The summed E-state index contributed by atoms with van der Waals surface area (Å²) in [6, 6.07) is 10.1. The maximum atomic E-state index is 5.57. The van der Waals surface area contributed by atoms with Crippen LogP contribution in [0.15, 0.2) is 40.5 Å². The van der Waals surface area contributed by atoms with Gasteiger partial charge in [0.1, 0.15) is 0 Å². The standard InChI is InChI=1S/C10H11N3S.BrH/c1-7-9(12-13-10(11)14-7)8-5-3-2-4-6-8;/h2-7H,1H3,(H2,11,13);1H. The number of nitrogens with two attached hydrogens (primary N) is 1. The maximum absolute atomic E-state index is 5.57. The van der Waals surface area contributed by atoms with E-state index in [-0.39, 0.29) is 22.2 Å². The molecule has 0 radical (unpaired) electrons. The number of rotatable bonds is 1. The molecule has 0 amide bonds. The average Bonchev–Trinajstić information content (AvgIpc) is 2.19. The van der Waals surface area contributed by atoms with Gasteiger partial charge >= 0.3 is 0 Å². The van der Waals surface area contributed by atoms with E-state index in [0.717, 1.165) is 11.3 Å². The quantitative estimate of drug-likeness (QED) is 0.862. The Hall–Kier alpha value is -0.810. The van der Waals surface area contributed by atoms with Crippen LogP contribution in [0.25, 0.3) is 0 Å². The van der Waals surface area contributed by atoms with Crippen molar-refractivity contribution in [3.63, 3.8) is 0 Å². The fourth-order valence-corrected chi connectivity index (χ4v) is 2.09. The summed E-state index contributed by atoms with van der Waals surface area (Å²) in [5.41, 5.74) is 7.68. The maximum Gasteiger partial charge on any atom is 0.181 e. The highest BCUT2D eigenvalue weighted by molar-refractivity contribution is 8.93. The Balaban J connectivity index is 0.00000112. The van der Waals surface area contributed by atoms with E-state index in [0.29, 0.717) is 5.17 Å². The second kappa shape index (κ2) is 5.32. The van der Waals surface area contributed by atoms with Gasteiger partial charge < -0.3 is 5.73 Å². The number of nitrogens with zero attached hydrogens (tertiary/aromatic N) is 2. The molecule has 5 heteroatoms. The van der Waals surface area contributed by atoms with E-state index in [9.17, 15) is 0 Å². The minimum Gasteiger partial charge on any atom is -0.377 e. The molecule has 2 N–H and O–H groups in total. The first kappa shape index (κ1) is 12.3. The molecular formula is C10H12BrN3S. The normalized spacial score (nSPS) is 19.9. The number of benzene rings is 1. The third-order valence-corrected chi connectivity index (χ3v) is 2.91. The van der Waals surface area contributed by atoms with Crippen molar-refractivity contribution in [2.75, 3.05) is 0 Å². The molecule has 0 fully saturated rings. The van der Waals surface area contributed by atoms with Crippen molar-refractivity contribution in [1.82, 2.24) is 0 Å². The lowest BCUT2D eigenvalue weighted by Gasteiger charge is -2.16. The van der Waals surface area contributed by atoms with Crippen LogP contribution in [0, 0.1) is 0 Å². The Bertz CT molecular complexity index is 389. The van der Waals surface area contributed by atoms with E-state index in [1.165, 1.54) is 0 Å². The van der Waals surface area contributed by atoms with Gasteiger partial charge in [-0.25, -0.2) is 0 Å². The van der Waals surface area contributed by atoms with Crippen LogP contribution in [0.3, 0.4) is 0 Å². The van der Waals surface area contributed by atoms with Gasteiger partial charge in [0.25, 0.3) is 0 Å². The molecule has 1 atom stereocenters. The third kappa shape index (κ3) is 2.82. The molecule has 0 saturated carbocycles. The molecule has 0 aliphatic carbocycles. The zero-order valence-corrected chi connectivity index (χ0v) is 10.8. The molecule has 1 aliphatic heterocycles. The van der Waals surface area contributed by atoms with Crippen LogP contribution in [0.5, 0.6) is 0 Å². The fourth-order valence-electron chi connectivity index (χ4n) is 1.35. The number of halogens is 1. The first-order chi connectivity index (χ1) is 6.77. The fraction of sp³-hybridized carbons (Fsp3) is 0.200. The second-order valence-corrected chi connectivity index (χ2v) is 4.41. The van der Waals surface area contributed by atoms with Crippen molar-refractivity contribution < 1.29 is 0 Å². The van der Waals surface area contributed by atoms with Gasteiger partial charge in [-0.3, -0.25) is 0 Å². The minimum atomic E-state index is 0. The predicted octanol–water partition coefficient (Wildman–Crippen LogP) is 2.42. The highest BCUT2D eigenvalue weighted by atomic mass is 79.9. The summed E-state index contributed by atoms with van der Waals surface area (Å²) in [4.78, 5) is 0. The lowest BCUT2D eigenvalue weighted by molar-refractivity contribution is 1.16. The van der Waals surface area contributed by atoms with Crippen LogP contribution in [-0.2, 0) is 0 Å². The first-order valence-corrected chi connectivity index (χ1v) is 5.28. The van der Waals surface area contributed by atoms with Crippen LogP contribution in [-0.4, -0.2) is 16.1 Å². The summed E-state index contributed by atoms with van der Waals surface area (Å²) < 4.78 is 0. The summed E-state index contributed by atoms with van der Waals surface area (Å²) in [5.74, 6) is 0. The Morgan fingerprint density at radius 2 is 1.87 bits per heavy atom. The molecule has 2 rings (SSSR count). The van der Waals surface area contributed by atoms with Crippen LogP contribution in [0.1, 0.15) is 12.5 Å². The van der Waals surface area contributed by atoms with Crippen LogP contribution in [0.2, 0.25) is 0 Å². The highest BCUT2D eigenvalue weighted by Gasteiger charge is 2.18. The van der Waals surface area contributed by atoms with Gasteiger partial charge in [-0.15, -0.1) is 22.1 Å². The van der Waals surface area contributed by atoms with Crippen LogP contribution in [0.4, 0.5) is 0 Å². The topological polar surface area (TPSA) is 50.7 Å². The minimum absolute atomic E-state index is 0. The van der Waals surface area contributed by atoms with Crippen molar-refractivity contribution in [2.24, 2.45) is 15.9 Å². The van der Waals surface area contributed by atoms with Crippen LogP contribution >= 0.6 is 28.7 Å². The number of thioether (sulfide) groups is 1. The molecule has 0 bridgehead atoms. The molecular weight excluding hydrogens is 274 g/mol. The summed E-state index contributed by atoms with van der Waals surface area (Å²) >= 11 is 1.54. The van der Waals surface area contributed by atoms with Gasteiger partial charge in [0.05, 0.1) is 11.0 Å². The van der Waals surface area contributed by atoms with Gasteiger partial charge in [0.15, 0.2) is 5.17 Å². The lowest BCUT2D eigenvalue weighted by atomic mass is 10.1. The zero-order valence-electron chi connectivity index (χ0n) is 8.25. The molecule has 1 aromatic carbocycles. The van der Waals surface area contributed by atoms with E-state index < -0.39 is 0 Å². The number of amidine groups is 1. The summed E-state index contributed by atoms with van der Waals surface area (Å²) in [5, 5.41) is 8.82. The Kier molecular flexibility index (Phi) is 4.35. The van der Waals surface area contributed by atoms with E-state index in [2.05, 4.69) is 17.1 Å². The molecule has 80 valence electrons. The Morgan fingerprint density at radius 1 is 1.20 bits per heavy atom. The molecule has 1 aromatic rings. The van der Waals surface area contributed by atoms with Gasteiger partial charge in [-0.1, -0.05) is 42.1 Å². The average molecular weight is 286 g/mol. The van der Waals surface area contributed by atoms with Gasteiger partial charge in [0.2, 0.25) is 0 Å². The van der Waals surface area contributed by atoms with Gasteiger partial charge in [-0.2, -0.15) is 5.10 Å². The van der Waals surface area contributed by atoms with Crippen molar-refractivity contribution >= 4 is 39.6 Å². The van der Waals surface area contributed by atoms with Gasteiger partial charge in [0, 0.05) is 0 Å². The molecule has 0 aromatic heterocycles. The summed E-state index contributed by atoms with van der Waals surface area (Å²) in [6.45, 7) is 2.08. The van der Waals surface area contributed by atoms with Crippen molar-refractivity contribution in [3.8, 4) is 0 Å². The lowest BCUT2D eigenvalue weighted by Crippen LogP contribution is -2.23. The van der Waals surface area contributed by atoms with E-state index >= 15 is 0 Å². The molecule has 1 unspecified atom stereocenters. The number of hydrogen-bond acceptors (Lipinski definition) is 4. The largest absolute Gasteiger partial charge is 0.377 e. The van der Waals surface area contributed by atoms with E-state index in [4.69, 9.17) is 5.73 Å². The predicted molar refractivity (Wildman–Crippen MR) is 72.0 cm³/mol.